The number of hydrogen-bond donors (Lipinski definition) is 8. The predicted molar refractivity (Wildman–Crippen MR) is 358 cm³/mol. The Morgan fingerprint density at radius 3 is 2.03 bits per heavy atom. The number of ether oxygens (including phenoxy) is 4. The summed E-state index contributed by atoms with van der Waals surface area (Å²) in [5.41, 5.74) is 7.18. The van der Waals surface area contributed by atoms with Crippen LogP contribution in [0.15, 0.2) is 66.2 Å². The fraction of sp³-hybridized carbons (Fsp3) is 0.642. The summed E-state index contributed by atoms with van der Waals surface area (Å²) in [5.74, 6) is 0.156. The van der Waals surface area contributed by atoms with Gasteiger partial charge in [-0.25, -0.2) is 20.5 Å². The van der Waals surface area contributed by atoms with Crippen LogP contribution in [0.2, 0.25) is 0 Å². The number of carbonyl (C=O) groups is 9. The number of aromatic nitrogens is 1. The Balaban J connectivity index is 1.41. The molecule has 0 radical (unpaired) electrons. The number of amides is 10. The first kappa shape index (κ1) is 79.1. The lowest BCUT2D eigenvalue weighted by Gasteiger charge is -2.41. The van der Waals surface area contributed by atoms with Gasteiger partial charge in [-0.15, -0.1) is 11.3 Å². The molecule has 10 amide bonds. The van der Waals surface area contributed by atoms with E-state index in [0.29, 0.717) is 69.3 Å². The van der Waals surface area contributed by atoms with Crippen molar-refractivity contribution >= 4 is 70.5 Å². The Morgan fingerprint density at radius 1 is 0.745 bits per heavy atom. The van der Waals surface area contributed by atoms with Crippen LogP contribution >= 0.6 is 11.3 Å². The first-order valence-corrected chi connectivity index (χ1v) is 33.6. The van der Waals surface area contributed by atoms with Crippen molar-refractivity contribution in [3.63, 3.8) is 0 Å². The number of rotatable bonds is 41. The fourth-order valence-electron chi connectivity index (χ4n) is 11.8. The molecular weight excluding hydrogens is 1230 g/mol. The van der Waals surface area contributed by atoms with Crippen molar-refractivity contribution in [2.45, 2.75) is 188 Å². The summed E-state index contributed by atoms with van der Waals surface area (Å²) in [4.78, 5) is 137. The van der Waals surface area contributed by atoms with Crippen molar-refractivity contribution in [3.8, 4) is 0 Å². The molecule has 0 spiro atoms. The topological polar surface area (TPSA) is 347 Å². The third-order valence-corrected chi connectivity index (χ3v) is 18.1. The van der Waals surface area contributed by atoms with Crippen molar-refractivity contribution < 1.29 is 66.9 Å². The van der Waals surface area contributed by atoms with Gasteiger partial charge in [0, 0.05) is 65.1 Å². The van der Waals surface area contributed by atoms with Crippen LogP contribution < -0.4 is 43.5 Å². The van der Waals surface area contributed by atoms with E-state index >= 15 is 0 Å². The molecule has 26 nitrogen and oxygen atoms in total. The molecule has 0 unspecified atom stereocenters. The number of thiazole rings is 1. The summed E-state index contributed by atoms with van der Waals surface area (Å²) in [6.45, 7) is 17.6. The second-order valence-electron chi connectivity index (χ2n) is 25.2. The van der Waals surface area contributed by atoms with Crippen LogP contribution in [0.5, 0.6) is 0 Å². The Labute approximate surface area is 559 Å². The van der Waals surface area contributed by atoms with E-state index in [1.54, 1.807) is 82.1 Å². The van der Waals surface area contributed by atoms with Crippen LogP contribution in [0.1, 0.15) is 142 Å². The second-order valence-corrected chi connectivity index (χ2v) is 26.1. The molecule has 524 valence electrons. The number of hydrogen-bond acceptors (Lipinski definition) is 17. The van der Waals surface area contributed by atoms with Crippen LogP contribution in [-0.4, -0.2) is 183 Å². The highest BCUT2D eigenvalue weighted by Gasteiger charge is 2.44. The quantitative estimate of drug-likeness (QED) is 0.0239. The van der Waals surface area contributed by atoms with E-state index in [4.69, 9.17) is 30.6 Å². The second kappa shape index (κ2) is 40.8. The summed E-state index contributed by atoms with van der Waals surface area (Å²) in [5, 5.41) is 19.8. The van der Waals surface area contributed by atoms with Crippen LogP contribution in [0.4, 0.5) is 15.3 Å². The molecule has 0 aliphatic carbocycles. The van der Waals surface area contributed by atoms with Crippen molar-refractivity contribution in [2.75, 3.05) is 66.5 Å². The van der Waals surface area contributed by atoms with Crippen molar-refractivity contribution in [1.29, 1.82) is 0 Å². The van der Waals surface area contributed by atoms with E-state index in [0.717, 1.165) is 10.6 Å². The molecule has 2 heterocycles. The Hall–Kier alpha value is -7.30. The molecule has 27 heteroatoms. The van der Waals surface area contributed by atoms with Crippen molar-refractivity contribution in [1.82, 2.24) is 46.3 Å². The third kappa shape index (κ3) is 24.8. The normalized spacial score (nSPS) is 16.3. The van der Waals surface area contributed by atoms with E-state index in [1.807, 2.05) is 70.3 Å². The number of benzene rings is 2. The van der Waals surface area contributed by atoms with Gasteiger partial charge in [-0.2, -0.15) is 0 Å². The van der Waals surface area contributed by atoms with Crippen molar-refractivity contribution in [2.24, 2.45) is 41.2 Å². The zero-order chi connectivity index (χ0) is 69.6. The standard InChI is InChI=1S/C67H106N12O14S/c1-14-44(8)58(52(89-12)39-54(81)79-33-21-25-51(79)59(90-13)45(9)60(82)74-50(64-70-32-37-94-64)38-46-22-17-15-18-23-46)77(10)65(86)56(42(4)5)76-63(85)57(43(6)7)78(11)67(88)92-40-47-26-28-48(29-27-47)72-61(83)49(24-19-16-20-31-71-66(68)87)73-62(84)55(41(2)3)75-53(80)30-34-91-35-36-93-69/h15,17-18,22-23,26-29,32,37,41-45,49-52,55-59H,14,16,19-21,24-25,30-31,33-36,38-40,69H2,1-13H3,(H,72,83)(H,73,84)(H,74,82)(H,75,80)(H,76,85)(H3,68,71,87)/t44-,45+,49-,50-,51-,52+,55-,56-,57-,58-,59+/m0/s1. The van der Waals surface area contributed by atoms with Crippen LogP contribution in [0.3, 0.4) is 0 Å². The summed E-state index contributed by atoms with van der Waals surface area (Å²) >= 11 is 1.47. The van der Waals surface area contributed by atoms with Crippen LogP contribution in [-0.2, 0) is 70.4 Å². The number of methoxy groups -OCH3 is 2. The zero-order valence-corrected chi connectivity index (χ0v) is 58.1. The van der Waals surface area contributed by atoms with E-state index in [2.05, 4.69) is 41.7 Å². The van der Waals surface area contributed by atoms with E-state index in [1.165, 1.54) is 30.4 Å². The van der Waals surface area contributed by atoms with Crippen LogP contribution in [0.25, 0.3) is 0 Å². The molecule has 3 aromatic rings. The number of nitrogens with zero attached hydrogens (tertiary/aromatic N) is 4. The number of carbonyl (C=O) groups excluding carboxylic acids is 9. The lowest BCUT2D eigenvalue weighted by atomic mass is 9.89. The Morgan fingerprint density at radius 2 is 1.44 bits per heavy atom. The third-order valence-electron chi connectivity index (χ3n) is 17.2. The van der Waals surface area contributed by atoms with Gasteiger partial charge >= 0.3 is 12.1 Å². The predicted octanol–water partition coefficient (Wildman–Crippen LogP) is 5.99. The van der Waals surface area contributed by atoms with Gasteiger partial charge in [0.25, 0.3) is 0 Å². The summed E-state index contributed by atoms with van der Waals surface area (Å²) in [6, 6.07) is 10.3. The summed E-state index contributed by atoms with van der Waals surface area (Å²) in [7, 11) is 6.19. The molecule has 1 aliphatic rings. The first-order chi connectivity index (χ1) is 44.8. The molecule has 1 fully saturated rings. The van der Waals surface area contributed by atoms with Gasteiger partial charge in [-0.05, 0) is 79.0 Å². The monoisotopic (exact) mass is 1330 g/mol. The Bertz CT molecular complexity index is 2840. The summed E-state index contributed by atoms with van der Waals surface area (Å²) < 4.78 is 23.3. The SMILES string of the molecule is CC[C@H](C)[C@@H]([C@@H](CC(=O)N1CCC[C@H]1[C@H](OC)[C@@H](C)C(=O)N[C@@H](Cc1ccccc1)c1nccs1)OC)N(C)C(=O)[C@@H](NC(=O)[C@H](C(C)C)N(C)C(=O)OCc1ccc(NC(=O)[C@H](CCCCCNC(N)=O)NC(=O)[C@@H](NC(=O)CCOCCON)C(C)C)cc1)C(C)C. The molecule has 0 saturated carbocycles. The lowest BCUT2D eigenvalue weighted by molar-refractivity contribution is -0.148. The maximum atomic E-state index is 14.9. The zero-order valence-electron chi connectivity index (χ0n) is 57.3. The summed E-state index contributed by atoms with van der Waals surface area (Å²) in [6.07, 6.45) is 3.88. The average Bonchev–Trinajstić information content (AvgIpc) is 1.42. The van der Waals surface area contributed by atoms with Gasteiger partial charge in [-0.3, -0.25) is 38.5 Å². The lowest BCUT2D eigenvalue weighted by Crippen LogP contribution is -2.60. The highest BCUT2D eigenvalue weighted by molar-refractivity contribution is 7.09. The molecule has 1 aliphatic heterocycles. The number of nitrogens with two attached hydrogens (primary N) is 2. The highest BCUT2D eigenvalue weighted by Crippen LogP contribution is 2.31. The van der Waals surface area contributed by atoms with Gasteiger partial charge < -0.3 is 71.2 Å². The van der Waals surface area contributed by atoms with Gasteiger partial charge in [0.2, 0.25) is 41.4 Å². The van der Waals surface area contributed by atoms with E-state index in [-0.39, 0.29) is 75.4 Å². The number of nitrogens with one attached hydrogen (secondary N) is 6. The molecule has 10 N–H and O–H groups in total. The minimum Gasteiger partial charge on any atom is -0.445 e. The molecule has 1 saturated heterocycles. The maximum absolute atomic E-state index is 14.9. The van der Waals surface area contributed by atoms with Crippen LogP contribution in [0, 0.1) is 29.6 Å². The average molecular weight is 1340 g/mol. The van der Waals surface area contributed by atoms with Gasteiger partial charge in [-0.1, -0.05) is 124 Å². The van der Waals surface area contributed by atoms with Crippen molar-refractivity contribution in [3.05, 3.63) is 82.3 Å². The molecule has 2 aromatic carbocycles. The molecule has 0 bridgehead atoms. The largest absolute Gasteiger partial charge is 0.445 e. The number of likely N-dealkylation sites (N-methyl/N-ethyl adjacent to an activating group) is 2. The van der Waals surface area contributed by atoms with E-state index in [9.17, 15) is 43.2 Å². The number of primary amides is 1. The Kier molecular flexibility index (Phi) is 34.4. The number of urea groups is 1. The fourth-order valence-corrected chi connectivity index (χ4v) is 12.5. The van der Waals surface area contributed by atoms with Gasteiger partial charge in [0.1, 0.15) is 35.8 Å². The first-order valence-electron chi connectivity index (χ1n) is 32.8. The maximum Gasteiger partial charge on any atom is 0.410 e. The molecule has 94 heavy (non-hydrogen) atoms. The molecule has 11 atom stereocenters. The van der Waals surface area contributed by atoms with Gasteiger partial charge in [0.15, 0.2) is 0 Å². The smallest absolute Gasteiger partial charge is 0.410 e. The molecular formula is C67H106N12O14S. The number of likely N-dealkylation sites (tertiary alicyclic amines) is 1. The minimum absolute atomic E-state index is 0.0188. The van der Waals surface area contributed by atoms with E-state index < -0.39 is 108 Å². The number of anilines is 1. The highest BCUT2D eigenvalue weighted by atomic mass is 32.1. The molecule has 1 aromatic heterocycles. The van der Waals surface area contributed by atoms with Gasteiger partial charge in [0.05, 0.1) is 62.5 Å². The number of unbranched alkanes of at least 4 members (excludes halogenated alkanes) is 2. The molecule has 4 rings (SSSR count). The minimum atomic E-state index is -1.07.